The summed E-state index contributed by atoms with van der Waals surface area (Å²) in [7, 11) is -2.91. The number of hydrogen-bond donors (Lipinski definition) is 2. The minimum Gasteiger partial charge on any atom is -0.507 e. The van der Waals surface area contributed by atoms with Crippen molar-refractivity contribution in [1.82, 2.24) is 4.90 Å². The number of carbonyl (C=O) groups excluding carboxylic acids is 1. The fraction of sp³-hybridized carbons (Fsp3) is 0.381. The highest BCUT2D eigenvalue weighted by molar-refractivity contribution is 9.10. The first-order chi connectivity index (χ1) is 15.8. The molecule has 0 unspecified atom stereocenters. The maximum absolute atomic E-state index is 13.1. The Morgan fingerprint density at radius 2 is 1.94 bits per heavy atom. The van der Waals surface area contributed by atoms with E-state index in [0.717, 1.165) is 18.2 Å². The number of alkyl halides is 3. The van der Waals surface area contributed by atoms with Crippen LogP contribution in [0.4, 0.5) is 13.2 Å². The Bertz CT molecular complexity index is 1190. The van der Waals surface area contributed by atoms with Gasteiger partial charge in [-0.25, -0.2) is 8.42 Å². The number of halogens is 4. The molecule has 34 heavy (non-hydrogen) atoms. The van der Waals surface area contributed by atoms with Gasteiger partial charge in [0.05, 0.1) is 24.0 Å². The average molecular weight is 568 g/mol. The average Bonchev–Trinajstić information content (AvgIpc) is 3.18. The first kappa shape index (κ1) is 26.1. The number of methoxy groups -OCH3 is 1. The van der Waals surface area contributed by atoms with E-state index < -0.39 is 61.1 Å². The molecule has 0 spiro atoms. The van der Waals surface area contributed by atoms with Gasteiger partial charge in [-0.15, -0.1) is 13.2 Å². The van der Waals surface area contributed by atoms with Crippen molar-refractivity contribution in [1.29, 1.82) is 0 Å². The van der Waals surface area contributed by atoms with E-state index in [0.29, 0.717) is 23.4 Å². The third-order valence-corrected chi connectivity index (χ3v) is 7.41. The van der Waals surface area contributed by atoms with Crippen LogP contribution < -0.4 is 4.74 Å². The number of phenols is 2. The van der Waals surface area contributed by atoms with Crippen molar-refractivity contribution in [3.63, 3.8) is 0 Å². The summed E-state index contributed by atoms with van der Waals surface area (Å²) in [5.41, 5.74) is -1.03. The molecule has 2 aromatic carbocycles. The molecule has 0 saturated carbocycles. The van der Waals surface area contributed by atoms with Gasteiger partial charge >= 0.3 is 6.36 Å². The van der Waals surface area contributed by atoms with Crippen molar-refractivity contribution in [2.75, 3.05) is 20.3 Å². The van der Waals surface area contributed by atoms with Crippen LogP contribution in [0, 0.1) is 0 Å². The summed E-state index contributed by atoms with van der Waals surface area (Å²) in [4.78, 5) is 14.0. The van der Waals surface area contributed by atoms with Gasteiger partial charge in [0, 0.05) is 23.7 Å². The Morgan fingerprint density at radius 3 is 2.59 bits per heavy atom. The lowest BCUT2D eigenvalue weighted by atomic mass is 10.1. The summed E-state index contributed by atoms with van der Waals surface area (Å²) >= 11 is 3.09. The summed E-state index contributed by atoms with van der Waals surface area (Å²) in [5, 5.41) is 20.7. The molecule has 1 saturated heterocycles. The van der Waals surface area contributed by atoms with Crippen molar-refractivity contribution in [3.8, 4) is 17.2 Å². The lowest BCUT2D eigenvalue weighted by Crippen LogP contribution is -2.38. The normalized spacial score (nSPS) is 16.6. The van der Waals surface area contributed by atoms with Gasteiger partial charge in [-0.3, -0.25) is 4.79 Å². The molecule has 0 bridgehead atoms. The number of rotatable bonds is 7. The van der Waals surface area contributed by atoms with E-state index in [-0.39, 0.29) is 19.2 Å². The zero-order valence-corrected chi connectivity index (χ0v) is 20.2. The molecule has 1 aliphatic heterocycles. The van der Waals surface area contributed by atoms with Crippen LogP contribution in [-0.4, -0.2) is 62.1 Å². The van der Waals surface area contributed by atoms with Gasteiger partial charge in [-0.2, -0.15) is 0 Å². The molecule has 3 rings (SSSR count). The van der Waals surface area contributed by atoms with Gasteiger partial charge in [-0.1, -0.05) is 15.9 Å². The Hall–Kier alpha value is -2.51. The van der Waals surface area contributed by atoms with Crippen molar-refractivity contribution >= 4 is 31.7 Å². The van der Waals surface area contributed by atoms with Crippen molar-refractivity contribution < 1.29 is 46.1 Å². The smallest absolute Gasteiger partial charge is 0.507 e. The van der Waals surface area contributed by atoms with Crippen LogP contribution in [0.2, 0.25) is 0 Å². The van der Waals surface area contributed by atoms with E-state index in [4.69, 9.17) is 4.74 Å². The fourth-order valence-electron chi connectivity index (χ4n) is 3.77. The molecule has 1 fully saturated rings. The van der Waals surface area contributed by atoms with E-state index >= 15 is 0 Å². The number of benzene rings is 2. The van der Waals surface area contributed by atoms with Crippen molar-refractivity contribution in [3.05, 3.63) is 45.9 Å². The Labute approximate surface area is 201 Å². The molecular weight excluding hydrogens is 547 g/mol. The fourth-order valence-corrected chi connectivity index (χ4v) is 5.76. The lowest BCUT2D eigenvalue weighted by Gasteiger charge is -2.25. The molecule has 8 nitrogen and oxygen atoms in total. The molecule has 186 valence electrons. The molecule has 2 aromatic rings. The Morgan fingerprint density at radius 1 is 1.24 bits per heavy atom. The Balaban J connectivity index is 2.07. The number of likely N-dealkylation sites (tertiary alicyclic amines) is 1. The first-order valence-corrected chi connectivity index (χ1v) is 12.4. The highest BCUT2D eigenvalue weighted by Crippen LogP contribution is 2.37. The highest BCUT2D eigenvalue weighted by atomic mass is 79.9. The van der Waals surface area contributed by atoms with Gasteiger partial charge < -0.3 is 24.6 Å². The molecule has 0 radical (unpaired) electrons. The van der Waals surface area contributed by atoms with E-state index in [2.05, 4.69) is 20.7 Å². The van der Waals surface area contributed by atoms with Crippen molar-refractivity contribution in [2.24, 2.45) is 0 Å². The third kappa shape index (κ3) is 5.94. The predicted molar refractivity (Wildman–Crippen MR) is 117 cm³/mol. The van der Waals surface area contributed by atoms with Gasteiger partial charge in [0.25, 0.3) is 5.91 Å². The van der Waals surface area contributed by atoms with Crippen LogP contribution in [0.3, 0.4) is 0 Å². The summed E-state index contributed by atoms with van der Waals surface area (Å²) in [6.07, 6.45) is -3.90. The lowest BCUT2D eigenvalue weighted by molar-refractivity contribution is -0.274. The topological polar surface area (TPSA) is 113 Å². The van der Waals surface area contributed by atoms with Crippen LogP contribution in [0.5, 0.6) is 17.2 Å². The monoisotopic (exact) mass is 567 g/mol. The SMILES string of the molecule is COC[C@@H]1CCCN1C(=O)c1cc(OC(F)(F)F)cc(CS(=O)(=O)c2cc(Br)ccc2O)c1O. The van der Waals surface area contributed by atoms with Crippen LogP contribution in [0.25, 0.3) is 0 Å². The van der Waals surface area contributed by atoms with E-state index in [9.17, 15) is 36.6 Å². The second-order valence-electron chi connectivity index (χ2n) is 7.65. The number of sulfone groups is 1. The number of aromatic hydroxyl groups is 2. The molecule has 13 heteroatoms. The summed E-state index contributed by atoms with van der Waals surface area (Å²) in [6, 6.07) is 4.70. The van der Waals surface area contributed by atoms with E-state index in [1.807, 2.05) is 0 Å². The maximum Gasteiger partial charge on any atom is 0.573 e. The number of phenolic OH excluding ortho intramolecular Hbond substituents is 2. The largest absolute Gasteiger partial charge is 0.573 e. The van der Waals surface area contributed by atoms with Crippen LogP contribution >= 0.6 is 15.9 Å². The highest BCUT2D eigenvalue weighted by Gasteiger charge is 2.35. The molecule has 2 N–H and O–H groups in total. The second-order valence-corrected chi connectivity index (χ2v) is 10.5. The summed E-state index contributed by atoms with van der Waals surface area (Å²) < 4.78 is 74.0. The molecule has 0 aromatic heterocycles. The maximum atomic E-state index is 13.1. The Kier molecular flexibility index (Phi) is 7.68. The van der Waals surface area contributed by atoms with E-state index in [1.165, 1.54) is 18.1 Å². The molecule has 1 atom stereocenters. The zero-order valence-electron chi connectivity index (χ0n) is 17.8. The first-order valence-electron chi connectivity index (χ1n) is 9.95. The molecule has 1 heterocycles. The van der Waals surface area contributed by atoms with Crippen LogP contribution in [0.1, 0.15) is 28.8 Å². The van der Waals surface area contributed by atoms with Crippen LogP contribution in [0.15, 0.2) is 39.7 Å². The number of ether oxygens (including phenoxy) is 2. The quantitative estimate of drug-likeness (QED) is 0.520. The third-order valence-electron chi connectivity index (χ3n) is 5.23. The standard InChI is InChI=1S/C21H21BrF3NO7S/c1-32-10-14-3-2-6-26(14)20(29)16-9-15(33-21(23,24)25)7-12(19(16)28)11-34(30,31)18-8-13(22)4-5-17(18)27/h4-5,7-9,14,27-28H,2-3,6,10-11H2,1H3/t14-/m0/s1. The van der Waals surface area contributed by atoms with Gasteiger partial charge in [0.15, 0.2) is 9.84 Å². The number of hydrogen-bond acceptors (Lipinski definition) is 7. The molecule has 1 aliphatic rings. The van der Waals surface area contributed by atoms with Crippen molar-refractivity contribution in [2.45, 2.75) is 35.9 Å². The molecular formula is C21H21BrF3NO7S. The minimum absolute atomic E-state index is 0.189. The number of carbonyl (C=O) groups is 1. The minimum atomic E-state index is -5.12. The second kappa shape index (κ2) is 10.0. The van der Waals surface area contributed by atoms with Gasteiger partial charge in [-0.05, 0) is 43.2 Å². The molecule has 0 aliphatic carbocycles. The summed E-state index contributed by atoms with van der Waals surface area (Å²) in [6.45, 7) is 0.477. The predicted octanol–water partition coefficient (Wildman–Crippen LogP) is 3.98. The van der Waals surface area contributed by atoms with Gasteiger partial charge in [0.2, 0.25) is 0 Å². The van der Waals surface area contributed by atoms with Crippen LogP contribution in [-0.2, 0) is 20.3 Å². The summed E-state index contributed by atoms with van der Waals surface area (Å²) in [5.74, 6) is -4.02. The van der Waals surface area contributed by atoms with Gasteiger partial charge in [0.1, 0.15) is 22.1 Å². The molecule has 1 amide bonds. The zero-order chi connectivity index (χ0) is 25.3. The number of amides is 1. The van der Waals surface area contributed by atoms with E-state index in [1.54, 1.807) is 0 Å². The number of nitrogens with zero attached hydrogens (tertiary/aromatic N) is 1.